The Morgan fingerprint density at radius 3 is 2.83 bits per heavy atom. The Hall–Kier alpha value is -2.24. The lowest BCUT2D eigenvalue weighted by molar-refractivity contribution is -0.120. The summed E-state index contributed by atoms with van der Waals surface area (Å²) < 4.78 is 0. The predicted octanol–water partition coefficient (Wildman–Crippen LogP) is 0.293. The van der Waals surface area contributed by atoms with E-state index in [1.54, 1.807) is 12.1 Å². The van der Waals surface area contributed by atoms with E-state index in [4.69, 9.17) is 10.8 Å². The van der Waals surface area contributed by atoms with Crippen LogP contribution in [0.15, 0.2) is 18.2 Å². The minimum absolute atomic E-state index is 0.0348. The molecule has 1 fully saturated rings. The molecule has 96 valence electrons. The lowest BCUT2D eigenvalue weighted by atomic mass is 10.1. The van der Waals surface area contributed by atoms with Crippen LogP contribution in [0.5, 0.6) is 0 Å². The zero-order valence-corrected chi connectivity index (χ0v) is 9.85. The molecule has 1 saturated heterocycles. The molecule has 0 radical (unpaired) electrons. The first-order valence-corrected chi connectivity index (χ1v) is 5.72. The molecule has 2 rings (SSSR count). The predicted molar refractivity (Wildman–Crippen MR) is 67.7 cm³/mol. The van der Waals surface area contributed by atoms with Crippen LogP contribution in [0.2, 0.25) is 0 Å². The van der Waals surface area contributed by atoms with Crippen LogP contribution in [0, 0.1) is 0 Å². The van der Waals surface area contributed by atoms with Crippen molar-refractivity contribution < 1.29 is 14.7 Å². The van der Waals surface area contributed by atoms with E-state index in [0.29, 0.717) is 26.1 Å². The summed E-state index contributed by atoms with van der Waals surface area (Å²) in [5.41, 5.74) is 6.89. The van der Waals surface area contributed by atoms with Gasteiger partial charge in [-0.2, -0.15) is 0 Å². The summed E-state index contributed by atoms with van der Waals surface area (Å²) in [5.74, 6) is -1.00. The third kappa shape index (κ3) is 2.53. The van der Waals surface area contributed by atoms with Crippen molar-refractivity contribution in [1.82, 2.24) is 5.32 Å². The summed E-state index contributed by atoms with van der Waals surface area (Å²) in [6.45, 7) is 1.88. The first-order valence-electron chi connectivity index (χ1n) is 5.72. The van der Waals surface area contributed by atoms with Gasteiger partial charge in [0, 0.05) is 37.4 Å². The minimum Gasteiger partial charge on any atom is -0.478 e. The van der Waals surface area contributed by atoms with Gasteiger partial charge in [0.15, 0.2) is 0 Å². The molecule has 0 spiro atoms. The maximum atomic E-state index is 11.2. The number of nitrogens with one attached hydrogen (secondary N) is 1. The van der Waals surface area contributed by atoms with Gasteiger partial charge in [0.2, 0.25) is 5.91 Å². The van der Waals surface area contributed by atoms with Crippen LogP contribution < -0.4 is 16.0 Å². The van der Waals surface area contributed by atoms with Gasteiger partial charge in [0.05, 0.1) is 5.56 Å². The van der Waals surface area contributed by atoms with E-state index in [9.17, 15) is 9.59 Å². The molecular formula is C12H15N3O3. The molecule has 0 unspecified atom stereocenters. The highest BCUT2D eigenvalue weighted by Crippen LogP contribution is 2.22. The van der Waals surface area contributed by atoms with Crippen LogP contribution in [0.25, 0.3) is 0 Å². The molecule has 0 saturated carbocycles. The van der Waals surface area contributed by atoms with Crippen molar-refractivity contribution in [2.45, 2.75) is 6.42 Å². The van der Waals surface area contributed by atoms with Crippen molar-refractivity contribution in [2.24, 2.45) is 0 Å². The maximum absolute atomic E-state index is 11.2. The normalized spacial score (nSPS) is 16.0. The van der Waals surface area contributed by atoms with Gasteiger partial charge in [-0.3, -0.25) is 4.79 Å². The Balaban J connectivity index is 2.20. The standard InChI is InChI=1S/C12H15N3O3/c13-10-7-8(1-2-9(10)12(17)18)15-5-3-11(16)14-4-6-15/h1-2,7H,3-6,13H2,(H,14,16)(H,17,18). The second kappa shape index (κ2) is 4.95. The number of carbonyl (C=O) groups is 2. The zero-order valence-electron chi connectivity index (χ0n) is 9.85. The number of hydrogen-bond acceptors (Lipinski definition) is 4. The average Bonchev–Trinajstić information content (AvgIpc) is 2.53. The Bertz CT molecular complexity index is 487. The summed E-state index contributed by atoms with van der Waals surface area (Å²) in [7, 11) is 0. The summed E-state index contributed by atoms with van der Waals surface area (Å²) >= 11 is 0. The fraction of sp³-hybridized carbons (Fsp3) is 0.333. The number of rotatable bonds is 2. The van der Waals surface area contributed by atoms with Gasteiger partial charge in [0.25, 0.3) is 0 Å². The molecule has 18 heavy (non-hydrogen) atoms. The van der Waals surface area contributed by atoms with Gasteiger partial charge in [-0.1, -0.05) is 0 Å². The Kier molecular flexibility index (Phi) is 3.36. The van der Waals surface area contributed by atoms with Crippen molar-refractivity contribution in [2.75, 3.05) is 30.3 Å². The molecule has 0 aromatic heterocycles. The SMILES string of the molecule is Nc1cc(N2CCNC(=O)CC2)ccc1C(=O)O. The van der Waals surface area contributed by atoms with E-state index < -0.39 is 5.97 Å². The van der Waals surface area contributed by atoms with Gasteiger partial charge in [0.1, 0.15) is 0 Å². The molecule has 1 aromatic rings. The molecular weight excluding hydrogens is 234 g/mol. The maximum Gasteiger partial charge on any atom is 0.337 e. The summed E-state index contributed by atoms with van der Waals surface area (Å²) in [5, 5.41) is 11.7. The van der Waals surface area contributed by atoms with Crippen molar-refractivity contribution >= 4 is 23.3 Å². The first-order chi connectivity index (χ1) is 8.58. The van der Waals surface area contributed by atoms with E-state index in [1.807, 2.05) is 4.90 Å². The number of carboxylic acids is 1. The fourth-order valence-electron chi connectivity index (χ4n) is 1.97. The van der Waals surface area contributed by atoms with E-state index in [1.165, 1.54) is 6.07 Å². The quantitative estimate of drug-likeness (QED) is 0.655. The molecule has 1 amide bonds. The molecule has 0 aliphatic carbocycles. The van der Waals surface area contributed by atoms with Gasteiger partial charge in [-0.05, 0) is 18.2 Å². The van der Waals surface area contributed by atoms with Crippen molar-refractivity contribution in [3.8, 4) is 0 Å². The average molecular weight is 249 g/mol. The van der Waals surface area contributed by atoms with Crippen molar-refractivity contribution in [3.63, 3.8) is 0 Å². The molecule has 0 bridgehead atoms. The van der Waals surface area contributed by atoms with E-state index in [0.717, 1.165) is 5.69 Å². The number of nitrogen functional groups attached to an aromatic ring is 1. The monoisotopic (exact) mass is 249 g/mol. The van der Waals surface area contributed by atoms with Gasteiger partial charge >= 0.3 is 5.97 Å². The number of anilines is 2. The summed E-state index contributed by atoms with van der Waals surface area (Å²) in [6.07, 6.45) is 0.431. The highest BCUT2D eigenvalue weighted by Gasteiger charge is 2.15. The number of carboxylic acid groups (broad SMARTS) is 1. The Morgan fingerprint density at radius 1 is 1.39 bits per heavy atom. The van der Waals surface area contributed by atoms with E-state index >= 15 is 0 Å². The van der Waals surface area contributed by atoms with Gasteiger partial charge in [-0.25, -0.2) is 4.79 Å². The number of carbonyl (C=O) groups excluding carboxylic acids is 1. The number of hydrogen-bond donors (Lipinski definition) is 3. The summed E-state index contributed by atoms with van der Waals surface area (Å²) in [6, 6.07) is 4.85. The second-order valence-corrected chi connectivity index (χ2v) is 4.16. The van der Waals surface area contributed by atoms with E-state index in [2.05, 4.69) is 5.32 Å². The van der Waals surface area contributed by atoms with Crippen molar-refractivity contribution in [3.05, 3.63) is 23.8 Å². The Labute approximate surface area is 104 Å². The molecule has 6 nitrogen and oxygen atoms in total. The van der Waals surface area contributed by atoms with Crippen LogP contribution >= 0.6 is 0 Å². The van der Waals surface area contributed by atoms with Crippen LogP contribution in [0.1, 0.15) is 16.8 Å². The molecule has 6 heteroatoms. The first kappa shape index (κ1) is 12.2. The molecule has 1 aromatic carbocycles. The fourth-order valence-corrected chi connectivity index (χ4v) is 1.97. The molecule has 0 atom stereocenters. The van der Waals surface area contributed by atoms with Gasteiger partial charge < -0.3 is 21.1 Å². The van der Waals surface area contributed by atoms with E-state index in [-0.39, 0.29) is 17.2 Å². The van der Waals surface area contributed by atoms with Crippen LogP contribution in [0.4, 0.5) is 11.4 Å². The number of amides is 1. The number of nitrogens with two attached hydrogens (primary N) is 1. The highest BCUT2D eigenvalue weighted by atomic mass is 16.4. The topological polar surface area (TPSA) is 95.7 Å². The third-order valence-electron chi connectivity index (χ3n) is 2.94. The van der Waals surface area contributed by atoms with Crippen LogP contribution in [-0.4, -0.2) is 36.6 Å². The molecule has 1 aliphatic rings. The second-order valence-electron chi connectivity index (χ2n) is 4.16. The van der Waals surface area contributed by atoms with Crippen LogP contribution in [-0.2, 0) is 4.79 Å². The summed E-state index contributed by atoms with van der Waals surface area (Å²) in [4.78, 5) is 24.1. The molecule has 1 aliphatic heterocycles. The number of aromatic carboxylic acids is 1. The smallest absolute Gasteiger partial charge is 0.337 e. The van der Waals surface area contributed by atoms with Crippen molar-refractivity contribution in [1.29, 1.82) is 0 Å². The Morgan fingerprint density at radius 2 is 2.17 bits per heavy atom. The lowest BCUT2D eigenvalue weighted by Crippen LogP contribution is -2.28. The molecule has 4 N–H and O–H groups in total. The largest absolute Gasteiger partial charge is 0.478 e. The molecule has 1 heterocycles. The minimum atomic E-state index is -1.04. The zero-order chi connectivity index (χ0) is 13.1. The van der Waals surface area contributed by atoms with Gasteiger partial charge in [-0.15, -0.1) is 0 Å². The highest BCUT2D eigenvalue weighted by molar-refractivity contribution is 5.94. The van der Waals surface area contributed by atoms with Crippen LogP contribution in [0.3, 0.4) is 0 Å². The lowest BCUT2D eigenvalue weighted by Gasteiger charge is -2.22. The number of benzene rings is 1. The number of nitrogens with zero attached hydrogens (tertiary/aromatic N) is 1. The third-order valence-corrected chi connectivity index (χ3v) is 2.94.